The molecule has 22 heavy (non-hydrogen) atoms. The first-order valence-corrected chi connectivity index (χ1v) is 8.12. The van der Waals surface area contributed by atoms with Gasteiger partial charge in [0, 0.05) is 20.1 Å². The summed E-state index contributed by atoms with van der Waals surface area (Å²) in [5.41, 5.74) is -1.15. The van der Waals surface area contributed by atoms with E-state index in [1.165, 1.54) is 30.0 Å². The van der Waals surface area contributed by atoms with E-state index in [1.807, 2.05) is 6.07 Å². The Morgan fingerprint density at radius 3 is 2.68 bits per heavy atom. The summed E-state index contributed by atoms with van der Waals surface area (Å²) in [7, 11) is 2.87. The van der Waals surface area contributed by atoms with Crippen molar-refractivity contribution >= 4 is 28.2 Å². The molecule has 10 heteroatoms. The second-order valence-electron chi connectivity index (χ2n) is 4.89. The fourth-order valence-corrected chi connectivity index (χ4v) is 3.73. The normalized spacial score (nSPS) is 13.9. The topological polar surface area (TPSA) is 106 Å². The van der Waals surface area contributed by atoms with Crippen LogP contribution in [0.3, 0.4) is 0 Å². The number of nitrogens with one attached hydrogen (secondary N) is 1. The van der Waals surface area contributed by atoms with Crippen LogP contribution in [0.15, 0.2) is 19.0 Å². The van der Waals surface area contributed by atoms with E-state index in [2.05, 4.69) is 15.5 Å². The minimum Gasteiger partial charge on any atom is -0.357 e. The third-order valence-corrected chi connectivity index (χ3v) is 5.29. The maximum atomic E-state index is 12.0. The molecule has 2 aromatic rings. The summed E-state index contributed by atoms with van der Waals surface area (Å²) < 4.78 is 2.77. The Bertz CT molecular complexity index is 886. The van der Waals surface area contributed by atoms with E-state index in [-0.39, 0.29) is 10.6 Å². The van der Waals surface area contributed by atoms with E-state index in [4.69, 9.17) is 0 Å². The lowest BCUT2D eigenvalue weighted by Gasteiger charge is -2.09. The Morgan fingerprint density at radius 2 is 2.05 bits per heavy atom. The van der Waals surface area contributed by atoms with Crippen LogP contribution in [-0.2, 0) is 14.1 Å². The van der Waals surface area contributed by atoms with Gasteiger partial charge in [0.25, 0.3) is 5.56 Å². The molecule has 114 valence electrons. The first-order chi connectivity index (χ1) is 10.5. The maximum Gasteiger partial charge on any atom is 0.331 e. The van der Waals surface area contributed by atoms with Crippen LogP contribution in [0.25, 0.3) is 0 Å². The highest BCUT2D eigenvalue weighted by Crippen LogP contribution is 2.34. The van der Waals surface area contributed by atoms with Gasteiger partial charge in [-0.05, 0) is 24.6 Å². The van der Waals surface area contributed by atoms with E-state index in [9.17, 15) is 14.9 Å². The zero-order chi connectivity index (χ0) is 15.9. The summed E-state index contributed by atoms with van der Waals surface area (Å²) in [5.74, 6) is 0. The molecule has 1 aliphatic rings. The van der Waals surface area contributed by atoms with Crippen LogP contribution >= 0.6 is 23.1 Å². The Morgan fingerprint density at radius 1 is 1.32 bits per heavy atom. The van der Waals surface area contributed by atoms with Gasteiger partial charge in [0.1, 0.15) is 16.7 Å². The molecule has 3 rings (SSSR count). The zero-order valence-electron chi connectivity index (χ0n) is 11.9. The maximum absolute atomic E-state index is 12.0. The molecule has 2 heterocycles. The van der Waals surface area contributed by atoms with Crippen LogP contribution in [0.2, 0.25) is 0 Å². The van der Waals surface area contributed by atoms with E-state index in [1.54, 1.807) is 0 Å². The van der Waals surface area contributed by atoms with Crippen LogP contribution in [0.5, 0.6) is 0 Å². The molecule has 0 aromatic carbocycles. The Labute approximate surface area is 133 Å². The molecule has 2 aromatic heterocycles. The number of rotatable bonds is 4. The van der Waals surface area contributed by atoms with Crippen LogP contribution in [-0.4, -0.2) is 25.4 Å². The highest BCUT2D eigenvalue weighted by molar-refractivity contribution is 8.01. The molecule has 0 bridgehead atoms. The molecule has 8 nitrogen and oxygen atoms in total. The Balaban J connectivity index is 1.98. The van der Waals surface area contributed by atoms with Gasteiger partial charge in [-0.3, -0.25) is 13.9 Å². The molecule has 0 spiro atoms. The van der Waals surface area contributed by atoms with E-state index >= 15 is 0 Å². The fraction of sp³-hybridized carbons (Fsp3) is 0.417. The van der Waals surface area contributed by atoms with Crippen LogP contribution < -0.4 is 16.6 Å². The largest absolute Gasteiger partial charge is 0.357 e. The van der Waals surface area contributed by atoms with Crippen LogP contribution in [0.4, 0.5) is 5.13 Å². The Kier molecular flexibility index (Phi) is 3.76. The fourth-order valence-electron chi connectivity index (χ4n) is 1.84. The zero-order valence-corrected chi connectivity index (χ0v) is 13.5. The first-order valence-electron chi connectivity index (χ1n) is 6.49. The van der Waals surface area contributed by atoms with Crippen molar-refractivity contribution in [2.75, 3.05) is 5.32 Å². The number of nitriles is 1. The lowest BCUT2D eigenvalue weighted by molar-refractivity contribution is 0.631. The third-order valence-electron chi connectivity index (χ3n) is 3.22. The summed E-state index contributed by atoms with van der Waals surface area (Å²) in [4.78, 5) is 24.0. The quantitative estimate of drug-likeness (QED) is 0.812. The molecule has 0 unspecified atom stereocenters. The minimum absolute atomic E-state index is 0.0681. The molecule has 1 saturated carbocycles. The van der Waals surface area contributed by atoms with Crippen molar-refractivity contribution in [3.05, 3.63) is 26.4 Å². The van der Waals surface area contributed by atoms with Crippen molar-refractivity contribution in [3.8, 4) is 6.07 Å². The van der Waals surface area contributed by atoms with Gasteiger partial charge in [-0.15, -0.1) is 10.2 Å². The Hall–Kier alpha value is -2.12. The number of hydrogen-bond acceptors (Lipinski definition) is 8. The number of anilines is 1. The van der Waals surface area contributed by atoms with Crippen LogP contribution in [0.1, 0.15) is 18.4 Å². The van der Waals surface area contributed by atoms with Crippen LogP contribution in [0, 0.1) is 11.3 Å². The highest BCUT2D eigenvalue weighted by atomic mass is 32.2. The van der Waals surface area contributed by atoms with Gasteiger partial charge in [-0.1, -0.05) is 11.3 Å². The minimum atomic E-state index is -0.603. The number of nitrogens with zero attached hydrogens (tertiary/aromatic N) is 5. The summed E-state index contributed by atoms with van der Waals surface area (Å²) in [6.07, 6.45) is 2.26. The molecule has 0 radical (unpaired) electrons. The van der Waals surface area contributed by atoms with Crippen molar-refractivity contribution < 1.29 is 0 Å². The lowest BCUT2D eigenvalue weighted by atomic mass is 10.3. The second-order valence-corrected chi connectivity index (χ2v) is 7.10. The van der Waals surface area contributed by atoms with E-state index < -0.39 is 11.2 Å². The second kappa shape index (κ2) is 5.58. The first kappa shape index (κ1) is 14.8. The molecule has 1 aliphatic carbocycles. The predicted octanol–water partition coefficient (Wildman–Crippen LogP) is 0.533. The smallest absolute Gasteiger partial charge is 0.331 e. The monoisotopic (exact) mass is 336 g/mol. The SMILES string of the molecule is Cn1c(Sc2nnc(NC3CC3)s2)c(C#N)c(=O)n(C)c1=O. The molecule has 0 saturated heterocycles. The van der Waals surface area contributed by atoms with Gasteiger partial charge in [0.2, 0.25) is 5.13 Å². The molecule has 1 N–H and O–H groups in total. The third kappa shape index (κ3) is 2.65. The average molecular weight is 336 g/mol. The molecule has 0 amide bonds. The molecular weight excluding hydrogens is 324 g/mol. The highest BCUT2D eigenvalue weighted by Gasteiger charge is 2.23. The van der Waals surface area contributed by atoms with Gasteiger partial charge in [0.15, 0.2) is 4.34 Å². The van der Waals surface area contributed by atoms with Gasteiger partial charge >= 0.3 is 5.69 Å². The number of aromatic nitrogens is 4. The summed E-state index contributed by atoms with van der Waals surface area (Å²) in [5, 5.41) is 21.5. The van der Waals surface area contributed by atoms with Crippen molar-refractivity contribution in [2.45, 2.75) is 28.2 Å². The van der Waals surface area contributed by atoms with Gasteiger partial charge in [-0.2, -0.15) is 5.26 Å². The molecule has 1 fully saturated rings. The number of hydrogen-bond donors (Lipinski definition) is 1. The van der Waals surface area contributed by atoms with Crippen molar-refractivity contribution in [2.24, 2.45) is 14.1 Å². The van der Waals surface area contributed by atoms with Gasteiger partial charge in [-0.25, -0.2) is 4.79 Å². The van der Waals surface area contributed by atoms with Crippen molar-refractivity contribution in [1.29, 1.82) is 5.26 Å². The molecule has 0 atom stereocenters. The lowest BCUT2D eigenvalue weighted by Crippen LogP contribution is -2.39. The standard InChI is InChI=1S/C12H12N6O2S2/c1-17-8(19)7(5-13)9(18(2)12(17)20)21-11-16-15-10(22-11)14-6-3-4-6/h6H,3-4H2,1-2H3,(H,14,15). The van der Waals surface area contributed by atoms with Crippen molar-refractivity contribution in [1.82, 2.24) is 19.3 Å². The predicted molar refractivity (Wildman–Crippen MR) is 82.3 cm³/mol. The van der Waals surface area contributed by atoms with Crippen molar-refractivity contribution in [3.63, 3.8) is 0 Å². The van der Waals surface area contributed by atoms with E-state index in [0.717, 1.165) is 29.2 Å². The van der Waals surface area contributed by atoms with E-state index in [0.29, 0.717) is 15.5 Å². The van der Waals surface area contributed by atoms with Gasteiger partial charge < -0.3 is 5.32 Å². The summed E-state index contributed by atoms with van der Waals surface area (Å²) in [6.45, 7) is 0. The summed E-state index contributed by atoms with van der Waals surface area (Å²) in [6, 6.07) is 2.34. The molecule has 0 aliphatic heterocycles. The average Bonchev–Trinajstić information content (AvgIpc) is 3.21. The molecular formula is C12H12N6O2S2. The summed E-state index contributed by atoms with van der Waals surface area (Å²) >= 11 is 2.44. The van der Waals surface area contributed by atoms with Gasteiger partial charge in [0.05, 0.1) is 0 Å².